The van der Waals surface area contributed by atoms with Gasteiger partial charge in [-0.1, -0.05) is 24.3 Å². The highest BCUT2D eigenvalue weighted by molar-refractivity contribution is 5.26. The van der Waals surface area contributed by atoms with Crippen LogP contribution in [0.1, 0.15) is 24.5 Å². The van der Waals surface area contributed by atoms with Crippen molar-refractivity contribution in [2.75, 3.05) is 19.8 Å². The van der Waals surface area contributed by atoms with Gasteiger partial charge in [0.05, 0.1) is 13.2 Å². The average molecular weight is 221 g/mol. The van der Waals surface area contributed by atoms with E-state index in [1.54, 1.807) is 0 Å². The lowest BCUT2D eigenvalue weighted by atomic mass is 10.0. The van der Waals surface area contributed by atoms with Crippen molar-refractivity contribution in [3.05, 3.63) is 35.4 Å². The number of ether oxygens (including phenoxy) is 2. The molecule has 1 fully saturated rings. The maximum atomic E-state index is 5.61. The zero-order chi connectivity index (χ0) is 11.4. The van der Waals surface area contributed by atoms with Crippen LogP contribution < -0.4 is 5.73 Å². The second-order valence-electron chi connectivity index (χ2n) is 4.23. The summed E-state index contributed by atoms with van der Waals surface area (Å²) in [4.78, 5) is 0. The fourth-order valence-corrected chi connectivity index (χ4v) is 1.96. The Bertz CT molecular complexity index is 328. The van der Waals surface area contributed by atoms with Gasteiger partial charge in [0.2, 0.25) is 0 Å². The Morgan fingerprint density at radius 2 is 1.81 bits per heavy atom. The molecule has 1 aliphatic rings. The monoisotopic (exact) mass is 221 g/mol. The number of hydrogen-bond acceptors (Lipinski definition) is 3. The Morgan fingerprint density at radius 1 is 1.19 bits per heavy atom. The van der Waals surface area contributed by atoms with Crippen LogP contribution in [0.3, 0.4) is 0 Å². The maximum absolute atomic E-state index is 5.61. The predicted octanol–water partition coefficient (Wildman–Crippen LogP) is 1.80. The molecule has 0 radical (unpaired) electrons. The first-order valence-corrected chi connectivity index (χ1v) is 5.82. The van der Waals surface area contributed by atoms with Crippen LogP contribution in [0.4, 0.5) is 0 Å². The van der Waals surface area contributed by atoms with Gasteiger partial charge in [0.1, 0.15) is 0 Å². The van der Waals surface area contributed by atoms with Crippen LogP contribution in [0.25, 0.3) is 0 Å². The molecule has 0 amide bonds. The summed E-state index contributed by atoms with van der Waals surface area (Å²) in [5, 5.41) is 0. The second kappa shape index (κ2) is 4.95. The van der Waals surface area contributed by atoms with Crippen LogP contribution in [-0.4, -0.2) is 19.8 Å². The molecule has 1 aliphatic heterocycles. The molecule has 0 saturated carbocycles. The van der Waals surface area contributed by atoms with E-state index in [2.05, 4.69) is 24.3 Å². The van der Waals surface area contributed by atoms with Crippen molar-refractivity contribution < 1.29 is 9.47 Å². The largest absolute Gasteiger partial charge is 0.344 e. The third kappa shape index (κ3) is 2.43. The molecule has 16 heavy (non-hydrogen) atoms. The van der Waals surface area contributed by atoms with Gasteiger partial charge < -0.3 is 15.2 Å². The van der Waals surface area contributed by atoms with Crippen LogP contribution in [-0.2, 0) is 21.7 Å². The Kier molecular flexibility index (Phi) is 3.59. The highest BCUT2D eigenvalue weighted by Crippen LogP contribution is 2.30. The van der Waals surface area contributed by atoms with Crippen LogP contribution in [0.15, 0.2) is 24.3 Å². The van der Waals surface area contributed by atoms with Gasteiger partial charge in [0.25, 0.3) is 0 Å². The molecule has 0 aliphatic carbocycles. The van der Waals surface area contributed by atoms with Gasteiger partial charge in [0, 0.05) is 5.56 Å². The predicted molar refractivity (Wildman–Crippen MR) is 63.1 cm³/mol. The van der Waals surface area contributed by atoms with Crippen molar-refractivity contribution in [2.24, 2.45) is 5.73 Å². The lowest BCUT2D eigenvalue weighted by Crippen LogP contribution is -2.22. The molecular formula is C13H19NO2. The van der Waals surface area contributed by atoms with Crippen LogP contribution in [0.5, 0.6) is 0 Å². The maximum Gasteiger partial charge on any atom is 0.192 e. The van der Waals surface area contributed by atoms with Gasteiger partial charge in [-0.2, -0.15) is 0 Å². The van der Waals surface area contributed by atoms with Gasteiger partial charge in [-0.15, -0.1) is 0 Å². The molecule has 0 spiro atoms. The first-order valence-electron chi connectivity index (χ1n) is 5.82. The molecule has 0 bridgehead atoms. The number of nitrogens with two attached hydrogens (primary N) is 1. The second-order valence-corrected chi connectivity index (χ2v) is 4.23. The van der Waals surface area contributed by atoms with Crippen molar-refractivity contribution in [2.45, 2.75) is 25.6 Å². The van der Waals surface area contributed by atoms with Crippen molar-refractivity contribution in [1.82, 2.24) is 0 Å². The highest BCUT2D eigenvalue weighted by atomic mass is 16.7. The number of benzene rings is 1. The van der Waals surface area contributed by atoms with Crippen molar-refractivity contribution >= 4 is 0 Å². The topological polar surface area (TPSA) is 44.5 Å². The molecule has 0 aromatic heterocycles. The smallest absolute Gasteiger partial charge is 0.192 e. The first kappa shape index (κ1) is 11.6. The van der Waals surface area contributed by atoms with Gasteiger partial charge in [-0.3, -0.25) is 0 Å². The molecule has 1 aromatic carbocycles. The molecule has 88 valence electrons. The molecule has 1 aromatic rings. The molecule has 0 unspecified atom stereocenters. The minimum absolute atomic E-state index is 0.549. The Balaban J connectivity index is 2.06. The van der Waals surface area contributed by atoms with Crippen molar-refractivity contribution in [3.8, 4) is 0 Å². The summed E-state index contributed by atoms with van der Waals surface area (Å²) in [6.45, 7) is 4.05. The van der Waals surface area contributed by atoms with E-state index in [4.69, 9.17) is 15.2 Å². The normalized spacial score (nSPS) is 18.9. The molecular weight excluding hydrogens is 202 g/mol. The van der Waals surface area contributed by atoms with E-state index in [-0.39, 0.29) is 0 Å². The molecule has 3 nitrogen and oxygen atoms in total. The van der Waals surface area contributed by atoms with Gasteiger partial charge >= 0.3 is 0 Å². The quantitative estimate of drug-likeness (QED) is 0.843. The summed E-state index contributed by atoms with van der Waals surface area (Å²) in [7, 11) is 0. The van der Waals surface area contributed by atoms with Crippen molar-refractivity contribution in [1.29, 1.82) is 0 Å². The standard InChI is InChI=1S/C13H19NO2/c1-13(15-9-10-16-13)12-6-4-11(5-7-12)3-2-8-14/h4-7H,2-3,8-10,14H2,1H3. The van der Waals surface area contributed by atoms with E-state index in [9.17, 15) is 0 Å². The zero-order valence-electron chi connectivity index (χ0n) is 9.74. The van der Waals surface area contributed by atoms with Gasteiger partial charge in [0.15, 0.2) is 5.79 Å². The summed E-state index contributed by atoms with van der Waals surface area (Å²) >= 11 is 0. The number of hydrogen-bond donors (Lipinski definition) is 1. The third-order valence-electron chi connectivity index (χ3n) is 2.99. The Labute approximate surface area is 96.5 Å². The summed E-state index contributed by atoms with van der Waals surface area (Å²) < 4.78 is 11.2. The molecule has 1 heterocycles. The molecule has 2 rings (SSSR count). The average Bonchev–Trinajstić information content (AvgIpc) is 2.75. The van der Waals surface area contributed by atoms with E-state index in [1.807, 2.05) is 6.92 Å². The first-order chi connectivity index (χ1) is 7.74. The van der Waals surface area contributed by atoms with E-state index in [1.165, 1.54) is 5.56 Å². The lowest BCUT2D eigenvalue weighted by molar-refractivity contribution is -0.149. The zero-order valence-corrected chi connectivity index (χ0v) is 9.74. The van der Waals surface area contributed by atoms with E-state index in [0.717, 1.165) is 24.9 Å². The molecule has 0 atom stereocenters. The summed E-state index contributed by atoms with van der Waals surface area (Å²) in [5.74, 6) is -0.549. The third-order valence-corrected chi connectivity index (χ3v) is 2.99. The van der Waals surface area contributed by atoms with Gasteiger partial charge in [-0.05, 0) is 31.9 Å². The van der Waals surface area contributed by atoms with E-state index in [0.29, 0.717) is 13.2 Å². The van der Waals surface area contributed by atoms with Crippen LogP contribution >= 0.6 is 0 Å². The molecule has 2 N–H and O–H groups in total. The lowest BCUT2D eigenvalue weighted by Gasteiger charge is -2.22. The Hall–Kier alpha value is -0.900. The number of rotatable bonds is 4. The minimum Gasteiger partial charge on any atom is -0.344 e. The summed E-state index contributed by atoms with van der Waals surface area (Å²) in [5.41, 5.74) is 7.89. The van der Waals surface area contributed by atoms with E-state index < -0.39 is 5.79 Å². The summed E-state index contributed by atoms with van der Waals surface area (Å²) in [6.07, 6.45) is 2.07. The van der Waals surface area contributed by atoms with E-state index >= 15 is 0 Å². The fourth-order valence-electron chi connectivity index (χ4n) is 1.96. The molecule has 1 saturated heterocycles. The fraction of sp³-hybridized carbons (Fsp3) is 0.538. The SMILES string of the molecule is CC1(c2ccc(CCCN)cc2)OCCO1. The van der Waals surface area contributed by atoms with Crippen LogP contribution in [0, 0.1) is 0 Å². The van der Waals surface area contributed by atoms with Gasteiger partial charge in [-0.25, -0.2) is 0 Å². The summed E-state index contributed by atoms with van der Waals surface area (Å²) in [6, 6.07) is 8.41. The Morgan fingerprint density at radius 3 is 2.38 bits per heavy atom. The van der Waals surface area contributed by atoms with Crippen LogP contribution in [0.2, 0.25) is 0 Å². The molecule has 3 heteroatoms. The highest BCUT2D eigenvalue weighted by Gasteiger charge is 2.32. The van der Waals surface area contributed by atoms with Crippen molar-refractivity contribution in [3.63, 3.8) is 0 Å². The number of aryl methyl sites for hydroxylation is 1. The minimum atomic E-state index is -0.549.